The molecule has 2 unspecified atom stereocenters. The van der Waals surface area contributed by atoms with E-state index in [0.29, 0.717) is 0 Å². The van der Waals surface area contributed by atoms with Crippen LogP contribution in [-0.4, -0.2) is 13.2 Å². The van der Waals surface area contributed by atoms with E-state index < -0.39 is 0 Å². The predicted octanol–water partition coefficient (Wildman–Crippen LogP) is 15.1. The van der Waals surface area contributed by atoms with Crippen molar-refractivity contribution in [2.45, 2.75) is 219 Å². The Kier molecular flexibility index (Phi) is 20.5. The van der Waals surface area contributed by atoms with Crippen molar-refractivity contribution in [3.63, 3.8) is 0 Å². The Bertz CT molecular complexity index is 754. The summed E-state index contributed by atoms with van der Waals surface area (Å²) in [6, 6.07) is 0. The Morgan fingerprint density at radius 2 is 0.787 bits per heavy atom. The van der Waals surface area contributed by atoms with Gasteiger partial charge in [-0.05, 0) is 125 Å². The molecule has 0 saturated heterocycles. The molecule has 4 aliphatic rings. The van der Waals surface area contributed by atoms with E-state index >= 15 is 0 Å². The van der Waals surface area contributed by atoms with Crippen molar-refractivity contribution in [3.8, 4) is 0 Å². The van der Waals surface area contributed by atoms with Gasteiger partial charge in [0.1, 0.15) is 0 Å². The molecular weight excluding hydrogens is 569 g/mol. The quantitative estimate of drug-likeness (QED) is 0.0746. The Balaban J connectivity index is 0.853. The van der Waals surface area contributed by atoms with Crippen LogP contribution in [0.4, 0.5) is 0 Å². The lowest BCUT2D eigenvalue weighted by Crippen LogP contribution is -2.15. The number of ether oxygens (including phenoxy) is 1. The van der Waals surface area contributed by atoms with Gasteiger partial charge in [0.25, 0.3) is 0 Å². The zero-order chi connectivity index (χ0) is 32.8. The fourth-order valence-corrected chi connectivity index (χ4v) is 9.94. The van der Waals surface area contributed by atoms with Crippen LogP contribution in [0.1, 0.15) is 219 Å². The highest BCUT2D eigenvalue weighted by Crippen LogP contribution is 2.38. The first-order valence-electron chi connectivity index (χ1n) is 22.1. The van der Waals surface area contributed by atoms with Crippen LogP contribution in [0.25, 0.3) is 0 Å². The van der Waals surface area contributed by atoms with Gasteiger partial charge < -0.3 is 4.74 Å². The summed E-state index contributed by atoms with van der Waals surface area (Å²) < 4.78 is 5.98. The molecule has 4 aliphatic carbocycles. The van der Waals surface area contributed by atoms with Gasteiger partial charge in [-0.15, -0.1) is 0 Å². The van der Waals surface area contributed by atoms with E-state index in [2.05, 4.69) is 26.0 Å². The second-order valence-corrected chi connectivity index (χ2v) is 17.4. The summed E-state index contributed by atoms with van der Waals surface area (Å²) >= 11 is 0. The molecule has 0 radical (unpaired) electrons. The highest BCUT2D eigenvalue weighted by Gasteiger charge is 2.23. The standard InChI is InChI=1S/C46H82O/c1-3-39-17-21-43(22-18-39)33-35-45-29-25-41(26-30-45)15-11-7-5-9-13-37-47-38-14-10-6-8-12-16-42-27-31-46(32-28-42)36-34-44-23-19-40(4-2)20-24-44/h25,27,39-40,43-46H,3-24,26,28-38H2,1-2H3. The van der Waals surface area contributed by atoms with Crippen molar-refractivity contribution in [3.05, 3.63) is 23.3 Å². The molecule has 0 amide bonds. The third-order valence-electron chi connectivity index (χ3n) is 13.9. The summed E-state index contributed by atoms with van der Waals surface area (Å²) in [6.07, 6.45) is 51.3. The molecular formula is C46H82O. The molecule has 0 aliphatic heterocycles. The zero-order valence-corrected chi connectivity index (χ0v) is 32.1. The smallest absolute Gasteiger partial charge is 0.0466 e. The van der Waals surface area contributed by atoms with Gasteiger partial charge in [0.2, 0.25) is 0 Å². The number of hydrogen-bond donors (Lipinski definition) is 0. The van der Waals surface area contributed by atoms with Crippen LogP contribution in [0.2, 0.25) is 0 Å². The van der Waals surface area contributed by atoms with Crippen molar-refractivity contribution in [2.24, 2.45) is 35.5 Å². The van der Waals surface area contributed by atoms with E-state index in [1.54, 1.807) is 11.1 Å². The van der Waals surface area contributed by atoms with Gasteiger partial charge in [-0.1, -0.05) is 153 Å². The summed E-state index contributed by atoms with van der Waals surface area (Å²) in [7, 11) is 0. The maximum atomic E-state index is 5.98. The second kappa shape index (κ2) is 24.6. The molecule has 0 N–H and O–H groups in total. The first kappa shape index (κ1) is 39.2. The first-order chi connectivity index (χ1) is 23.2. The molecule has 4 rings (SSSR count). The Morgan fingerprint density at radius 1 is 0.426 bits per heavy atom. The van der Waals surface area contributed by atoms with Gasteiger partial charge in [-0.25, -0.2) is 0 Å². The number of rotatable bonds is 24. The Labute approximate surface area is 295 Å². The molecule has 47 heavy (non-hydrogen) atoms. The normalized spacial score (nSPS) is 28.6. The highest BCUT2D eigenvalue weighted by atomic mass is 16.5. The summed E-state index contributed by atoms with van der Waals surface area (Å²) in [6.45, 7) is 6.75. The third kappa shape index (κ3) is 16.8. The van der Waals surface area contributed by atoms with Crippen molar-refractivity contribution in [1.82, 2.24) is 0 Å². The monoisotopic (exact) mass is 651 g/mol. The SMILES string of the molecule is CCC1CCC(CCC2CC=C(CCCCCCCOCCCCCCCC3=CCC(CCC4CCC(CC)CC4)CC3)CC2)CC1. The van der Waals surface area contributed by atoms with Gasteiger partial charge in [-0.3, -0.25) is 0 Å². The fourth-order valence-electron chi connectivity index (χ4n) is 9.94. The summed E-state index contributed by atoms with van der Waals surface area (Å²) in [4.78, 5) is 0. The topological polar surface area (TPSA) is 9.23 Å². The van der Waals surface area contributed by atoms with Crippen LogP contribution in [0.3, 0.4) is 0 Å². The minimum Gasteiger partial charge on any atom is -0.381 e. The van der Waals surface area contributed by atoms with Gasteiger partial charge in [0.05, 0.1) is 0 Å². The van der Waals surface area contributed by atoms with E-state index in [0.717, 1.165) is 48.7 Å². The van der Waals surface area contributed by atoms with Crippen LogP contribution in [0, 0.1) is 35.5 Å². The summed E-state index contributed by atoms with van der Waals surface area (Å²) in [5.41, 5.74) is 3.58. The maximum Gasteiger partial charge on any atom is 0.0466 e. The third-order valence-corrected chi connectivity index (χ3v) is 13.9. The van der Waals surface area contributed by atoms with Crippen LogP contribution in [0.5, 0.6) is 0 Å². The van der Waals surface area contributed by atoms with Crippen molar-refractivity contribution < 1.29 is 4.74 Å². The summed E-state index contributed by atoms with van der Waals surface area (Å²) in [5.74, 6) is 6.20. The first-order valence-corrected chi connectivity index (χ1v) is 22.1. The van der Waals surface area contributed by atoms with Crippen LogP contribution in [-0.2, 0) is 4.74 Å². The molecule has 2 fully saturated rings. The minimum absolute atomic E-state index is 0.988. The molecule has 0 spiro atoms. The van der Waals surface area contributed by atoms with Gasteiger partial charge in [0, 0.05) is 13.2 Å². The van der Waals surface area contributed by atoms with E-state index in [1.807, 2.05) is 0 Å². The molecule has 0 aromatic carbocycles. The van der Waals surface area contributed by atoms with E-state index in [-0.39, 0.29) is 0 Å². The molecule has 0 aromatic heterocycles. The fraction of sp³-hybridized carbons (Fsp3) is 0.913. The predicted molar refractivity (Wildman–Crippen MR) is 207 cm³/mol. The van der Waals surface area contributed by atoms with Gasteiger partial charge in [0.15, 0.2) is 0 Å². The molecule has 0 bridgehead atoms. The van der Waals surface area contributed by atoms with Crippen LogP contribution < -0.4 is 0 Å². The summed E-state index contributed by atoms with van der Waals surface area (Å²) in [5, 5.41) is 0. The second-order valence-electron chi connectivity index (χ2n) is 17.4. The largest absolute Gasteiger partial charge is 0.381 e. The highest BCUT2D eigenvalue weighted by molar-refractivity contribution is 5.07. The molecule has 0 aromatic rings. The lowest BCUT2D eigenvalue weighted by molar-refractivity contribution is 0.125. The van der Waals surface area contributed by atoms with E-state index in [9.17, 15) is 0 Å². The lowest BCUT2D eigenvalue weighted by atomic mass is 9.76. The van der Waals surface area contributed by atoms with Crippen molar-refractivity contribution in [1.29, 1.82) is 0 Å². The Hall–Kier alpha value is -0.560. The van der Waals surface area contributed by atoms with E-state index in [4.69, 9.17) is 4.74 Å². The number of allylic oxidation sites excluding steroid dienone is 4. The minimum atomic E-state index is 0.988. The number of unbranched alkanes of at least 4 members (excludes halogenated alkanes) is 8. The van der Waals surface area contributed by atoms with Gasteiger partial charge >= 0.3 is 0 Å². The maximum absolute atomic E-state index is 5.98. The van der Waals surface area contributed by atoms with Gasteiger partial charge in [-0.2, -0.15) is 0 Å². The molecule has 2 saturated carbocycles. The van der Waals surface area contributed by atoms with Crippen LogP contribution in [0.15, 0.2) is 23.3 Å². The molecule has 2 atom stereocenters. The molecule has 0 heterocycles. The molecule has 1 heteroatoms. The Morgan fingerprint density at radius 3 is 1.17 bits per heavy atom. The van der Waals surface area contributed by atoms with Crippen LogP contribution >= 0.6 is 0 Å². The molecule has 272 valence electrons. The average molecular weight is 651 g/mol. The number of hydrogen-bond acceptors (Lipinski definition) is 1. The molecule has 1 nitrogen and oxygen atoms in total. The van der Waals surface area contributed by atoms with E-state index in [1.165, 1.54) is 205 Å². The lowest BCUT2D eigenvalue weighted by Gasteiger charge is -2.29. The average Bonchev–Trinajstić information content (AvgIpc) is 3.13. The van der Waals surface area contributed by atoms with Crippen molar-refractivity contribution in [2.75, 3.05) is 13.2 Å². The van der Waals surface area contributed by atoms with Crippen molar-refractivity contribution >= 4 is 0 Å². The zero-order valence-electron chi connectivity index (χ0n) is 32.1.